The predicted molar refractivity (Wildman–Crippen MR) is 166 cm³/mol. The highest BCUT2D eigenvalue weighted by atomic mass is 35.5. The van der Waals surface area contributed by atoms with Crippen molar-refractivity contribution < 1.29 is 14.3 Å². The van der Waals surface area contributed by atoms with Crippen molar-refractivity contribution in [2.45, 2.75) is 70.1 Å². The van der Waals surface area contributed by atoms with E-state index in [0.717, 1.165) is 30.0 Å². The van der Waals surface area contributed by atoms with Gasteiger partial charge < -0.3 is 20.5 Å². The maximum Gasteiger partial charge on any atom is 0.330 e. The number of hydrogen-bond acceptors (Lipinski definition) is 9. The van der Waals surface area contributed by atoms with Crippen LogP contribution in [0, 0.1) is 11.8 Å². The maximum atomic E-state index is 14.2. The molecule has 6 rings (SSSR count). The molecular weight excluding hydrogens is 597 g/mol. The molecule has 3 N–H and O–H groups in total. The van der Waals surface area contributed by atoms with Crippen molar-refractivity contribution >= 4 is 58.0 Å². The number of amides is 2. The van der Waals surface area contributed by atoms with E-state index in [9.17, 15) is 4.79 Å². The normalized spacial score (nSPS) is 22.8. The zero-order valence-corrected chi connectivity index (χ0v) is 26.0. The van der Waals surface area contributed by atoms with E-state index < -0.39 is 0 Å². The monoisotopic (exact) mass is 631 g/mol. The smallest absolute Gasteiger partial charge is 0.330 e. The van der Waals surface area contributed by atoms with Crippen LogP contribution < -0.4 is 30.3 Å². The third kappa shape index (κ3) is 5.59. The van der Waals surface area contributed by atoms with E-state index in [-0.39, 0.29) is 41.2 Å². The van der Waals surface area contributed by atoms with Crippen molar-refractivity contribution in [1.29, 1.82) is 0 Å². The molecule has 3 atom stereocenters. The molecule has 0 radical (unpaired) electrons. The Labute approximate surface area is 259 Å². The minimum absolute atomic E-state index is 0.0258. The molecule has 2 amide bonds. The molecule has 2 fully saturated rings. The summed E-state index contributed by atoms with van der Waals surface area (Å²) >= 11 is 14.9. The second kappa shape index (κ2) is 12.4. The SMILES string of the molecule is COc1cc(OC)c(Cl)c(N2Cc3cnc(N[C@@H]4CC(C5CCCC5)CC[C@@H]4N)nc3N(Cc3cscn3)C2=O)c1Cl. The Hall–Kier alpha value is -2.86. The van der Waals surface area contributed by atoms with Crippen LogP contribution in [-0.4, -0.2) is 47.3 Å². The number of ether oxygens (including phenoxy) is 2. The molecule has 2 aliphatic carbocycles. The molecule has 1 aromatic carbocycles. The van der Waals surface area contributed by atoms with Gasteiger partial charge in [0.05, 0.1) is 44.2 Å². The second-order valence-corrected chi connectivity index (χ2v) is 12.7. The number of carbonyl (C=O) groups is 1. The Bertz CT molecular complexity index is 1410. The van der Waals surface area contributed by atoms with Gasteiger partial charge in [-0.05, 0) is 31.1 Å². The van der Waals surface area contributed by atoms with Gasteiger partial charge in [0.1, 0.15) is 27.4 Å². The predicted octanol–water partition coefficient (Wildman–Crippen LogP) is 6.50. The van der Waals surface area contributed by atoms with Crippen LogP contribution >= 0.6 is 34.5 Å². The van der Waals surface area contributed by atoms with E-state index in [1.54, 1.807) is 22.7 Å². The molecule has 0 bridgehead atoms. The lowest BCUT2D eigenvalue weighted by Gasteiger charge is -2.38. The third-order valence-corrected chi connectivity index (χ3v) is 10.2. The first-order valence-electron chi connectivity index (χ1n) is 14.3. The lowest BCUT2D eigenvalue weighted by atomic mass is 9.75. The van der Waals surface area contributed by atoms with Crippen LogP contribution in [0.3, 0.4) is 0 Å². The summed E-state index contributed by atoms with van der Waals surface area (Å²) in [6, 6.07) is 1.34. The number of carbonyl (C=O) groups excluding carboxylic acids is 1. The van der Waals surface area contributed by atoms with Crippen molar-refractivity contribution in [3.63, 3.8) is 0 Å². The molecule has 1 unspecified atom stereocenters. The third-order valence-electron chi connectivity index (χ3n) is 8.84. The first-order chi connectivity index (χ1) is 20.4. The number of aromatic nitrogens is 3. The molecule has 10 nitrogen and oxygen atoms in total. The van der Waals surface area contributed by atoms with Crippen molar-refractivity contribution in [1.82, 2.24) is 15.0 Å². The molecular formula is C29H35Cl2N7O3S. The molecule has 13 heteroatoms. The van der Waals surface area contributed by atoms with Crippen molar-refractivity contribution in [2.24, 2.45) is 17.6 Å². The van der Waals surface area contributed by atoms with Crippen LogP contribution in [-0.2, 0) is 13.1 Å². The van der Waals surface area contributed by atoms with E-state index in [4.69, 9.17) is 43.4 Å². The number of methoxy groups -OCH3 is 2. The summed E-state index contributed by atoms with van der Waals surface area (Å²) in [4.78, 5) is 31.2. The maximum absolute atomic E-state index is 14.2. The summed E-state index contributed by atoms with van der Waals surface area (Å²) in [7, 11) is 2.99. The van der Waals surface area contributed by atoms with Crippen molar-refractivity contribution in [2.75, 3.05) is 29.3 Å². The first kappa shape index (κ1) is 29.2. The molecule has 3 aromatic rings. The van der Waals surface area contributed by atoms with E-state index in [1.807, 2.05) is 5.38 Å². The van der Waals surface area contributed by atoms with Crippen LogP contribution in [0.5, 0.6) is 11.5 Å². The highest BCUT2D eigenvalue weighted by molar-refractivity contribution is 7.07. The number of halogens is 2. The summed E-state index contributed by atoms with van der Waals surface area (Å²) in [5, 5.41) is 5.85. The average Bonchev–Trinajstić information content (AvgIpc) is 3.72. The average molecular weight is 633 g/mol. The standard InChI is InChI=1S/C29H35Cl2N7O3S/c1-40-22-10-23(41-2)25(31)26(24(22)30)37-12-18-11-33-28(36-27(18)38(29(37)39)13-19-14-42-15-34-19)35-21-9-17(7-8-20(21)32)16-5-3-4-6-16/h10-11,14-17,20-21H,3-9,12-13,32H2,1-2H3,(H,33,35,36)/t17?,20-,21+/m0/s1. The quantitative estimate of drug-likeness (QED) is 0.289. The van der Waals surface area contributed by atoms with Crippen molar-refractivity contribution in [3.8, 4) is 11.5 Å². The Balaban J connectivity index is 1.33. The highest BCUT2D eigenvalue weighted by Gasteiger charge is 2.38. The van der Waals surface area contributed by atoms with Gasteiger partial charge in [-0.3, -0.25) is 9.80 Å². The number of benzene rings is 1. The number of nitrogens with zero attached hydrogens (tertiary/aromatic N) is 5. The van der Waals surface area contributed by atoms with Crippen LogP contribution in [0.25, 0.3) is 0 Å². The zero-order valence-electron chi connectivity index (χ0n) is 23.7. The van der Waals surface area contributed by atoms with Gasteiger partial charge in [0.2, 0.25) is 5.95 Å². The first-order valence-corrected chi connectivity index (χ1v) is 16.0. The Morgan fingerprint density at radius 3 is 2.48 bits per heavy atom. The van der Waals surface area contributed by atoms with Gasteiger partial charge in [-0.15, -0.1) is 11.3 Å². The number of nitrogens with one attached hydrogen (secondary N) is 1. The number of urea groups is 1. The van der Waals surface area contributed by atoms with Crippen LogP contribution in [0.4, 0.5) is 22.2 Å². The lowest BCUT2D eigenvalue weighted by Crippen LogP contribution is -2.48. The topological polar surface area (TPSA) is 119 Å². The number of hydrogen-bond donors (Lipinski definition) is 2. The summed E-state index contributed by atoms with van der Waals surface area (Å²) in [5.74, 6) is 3.12. The Kier molecular flexibility index (Phi) is 8.63. The molecule has 2 saturated carbocycles. The minimum atomic E-state index is -0.352. The molecule has 224 valence electrons. The van der Waals surface area contributed by atoms with Crippen molar-refractivity contribution in [3.05, 3.63) is 44.5 Å². The van der Waals surface area contributed by atoms with Crippen LogP contribution in [0.2, 0.25) is 10.0 Å². The fourth-order valence-electron chi connectivity index (χ4n) is 6.61. The number of anilines is 3. The van der Waals surface area contributed by atoms with Gasteiger partial charge in [0.15, 0.2) is 0 Å². The fourth-order valence-corrected chi connectivity index (χ4v) is 7.86. The highest BCUT2D eigenvalue weighted by Crippen LogP contribution is 2.48. The zero-order chi connectivity index (χ0) is 29.4. The van der Waals surface area contributed by atoms with Crippen LogP contribution in [0.15, 0.2) is 23.2 Å². The molecule has 42 heavy (non-hydrogen) atoms. The fraction of sp³-hybridized carbons (Fsp3) is 0.517. The van der Waals surface area contributed by atoms with Crippen LogP contribution in [0.1, 0.15) is 56.2 Å². The Morgan fingerprint density at radius 2 is 1.81 bits per heavy atom. The minimum Gasteiger partial charge on any atom is -0.495 e. The summed E-state index contributed by atoms with van der Waals surface area (Å²) in [6.07, 6.45) is 10.2. The number of rotatable bonds is 8. The molecule has 3 heterocycles. The van der Waals surface area contributed by atoms with E-state index >= 15 is 0 Å². The number of thiazole rings is 1. The second-order valence-electron chi connectivity index (χ2n) is 11.3. The van der Waals surface area contributed by atoms with Gasteiger partial charge in [-0.25, -0.2) is 14.8 Å². The van der Waals surface area contributed by atoms with Gasteiger partial charge in [0, 0.05) is 35.3 Å². The molecule has 1 aliphatic heterocycles. The number of nitrogens with two attached hydrogens (primary N) is 1. The largest absolute Gasteiger partial charge is 0.495 e. The van der Waals surface area contributed by atoms with Gasteiger partial charge in [-0.1, -0.05) is 48.9 Å². The van der Waals surface area contributed by atoms with E-state index in [0.29, 0.717) is 34.9 Å². The summed E-state index contributed by atoms with van der Waals surface area (Å²) in [6.45, 7) is 0.371. The van der Waals surface area contributed by atoms with Gasteiger partial charge >= 0.3 is 6.03 Å². The molecule has 3 aliphatic rings. The lowest BCUT2D eigenvalue weighted by molar-refractivity contribution is 0.222. The van der Waals surface area contributed by atoms with E-state index in [1.165, 1.54) is 62.6 Å². The van der Waals surface area contributed by atoms with Gasteiger partial charge in [0.25, 0.3) is 0 Å². The molecule has 0 saturated heterocycles. The summed E-state index contributed by atoms with van der Waals surface area (Å²) < 4.78 is 10.9. The number of fused-ring (bicyclic) bond motifs is 1. The Morgan fingerprint density at radius 1 is 1.07 bits per heavy atom. The summed E-state index contributed by atoms with van der Waals surface area (Å²) in [5.41, 5.74) is 10.1. The molecule has 0 spiro atoms. The molecule has 2 aromatic heterocycles. The van der Waals surface area contributed by atoms with E-state index in [2.05, 4.69) is 15.3 Å². The van der Waals surface area contributed by atoms with Gasteiger partial charge in [-0.2, -0.15) is 4.98 Å².